The number of carbonyl (C=O) groups is 1. The first-order valence-electron chi connectivity index (χ1n) is 10.8. The number of urea groups is 1. The fourth-order valence-corrected chi connectivity index (χ4v) is 6.24. The van der Waals surface area contributed by atoms with E-state index in [9.17, 15) is 14.1 Å². The summed E-state index contributed by atoms with van der Waals surface area (Å²) < 4.78 is 21.1. The molecule has 30 heavy (non-hydrogen) atoms. The number of rotatable bonds is 3. The largest absolute Gasteiger partial charge is 0.450 e. The van der Waals surface area contributed by atoms with E-state index in [-0.39, 0.29) is 11.0 Å². The Morgan fingerprint density at radius 3 is 2.50 bits per heavy atom. The van der Waals surface area contributed by atoms with Crippen molar-refractivity contribution in [1.29, 1.82) is 0 Å². The van der Waals surface area contributed by atoms with E-state index in [2.05, 4.69) is 23.0 Å². The van der Waals surface area contributed by atoms with Crippen LogP contribution in [0.1, 0.15) is 66.7 Å². The molecule has 0 saturated heterocycles. The Bertz CT molecular complexity index is 1020. The lowest BCUT2D eigenvalue weighted by Gasteiger charge is -2.31. The zero-order chi connectivity index (χ0) is 21.0. The lowest BCUT2D eigenvalue weighted by Crippen LogP contribution is -2.31. The molecule has 5 rings (SSSR count). The summed E-state index contributed by atoms with van der Waals surface area (Å²) in [4.78, 5) is 12.7. The van der Waals surface area contributed by atoms with E-state index in [1.54, 1.807) is 13.0 Å². The van der Waals surface area contributed by atoms with Crippen LogP contribution >= 0.6 is 0 Å². The Morgan fingerprint density at radius 1 is 1.17 bits per heavy atom. The van der Waals surface area contributed by atoms with Crippen molar-refractivity contribution in [2.24, 2.45) is 5.92 Å². The fourth-order valence-electron chi connectivity index (χ4n) is 5.52. The second kappa shape index (κ2) is 7.24. The predicted molar refractivity (Wildman–Crippen MR) is 115 cm³/mol. The van der Waals surface area contributed by atoms with Gasteiger partial charge in [-0.05, 0) is 80.0 Å². The molecule has 3 aliphatic carbocycles. The molecule has 2 aromatic rings. The molecule has 0 fully saturated rings. The van der Waals surface area contributed by atoms with Crippen molar-refractivity contribution in [2.75, 3.05) is 5.32 Å². The van der Waals surface area contributed by atoms with Crippen molar-refractivity contribution in [3.8, 4) is 0 Å². The number of anilines is 1. The van der Waals surface area contributed by atoms with Crippen molar-refractivity contribution in [1.82, 2.24) is 4.72 Å². The molecule has 0 saturated carbocycles. The third-order valence-electron chi connectivity index (χ3n) is 6.73. The molecule has 0 spiro atoms. The first-order chi connectivity index (χ1) is 14.3. The number of carbonyl (C=O) groups excluding carboxylic acids is 1. The quantitative estimate of drug-likeness (QED) is 0.692. The summed E-state index contributed by atoms with van der Waals surface area (Å²) in [6.45, 7) is 3.80. The number of amides is 2. The van der Waals surface area contributed by atoms with E-state index in [0.717, 1.165) is 44.2 Å². The number of aryl methyl sites for hydroxylation is 2. The van der Waals surface area contributed by atoms with Gasteiger partial charge in [0, 0.05) is 23.7 Å². The molecule has 7 heteroatoms. The number of hydrogen-bond donors (Lipinski definition) is 3. The van der Waals surface area contributed by atoms with Crippen LogP contribution in [-0.4, -0.2) is 15.3 Å². The highest BCUT2D eigenvalue weighted by atomic mass is 32.2. The van der Waals surface area contributed by atoms with Crippen LogP contribution in [0.3, 0.4) is 0 Å². The maximum Gasteiger partial charge on any atom is 0.331 e. The van der Waals surface area contributed by atoms with Gasteiger partial charge in [-0.2, -0.15) is 0 Å². The van der Waals surface area contributed by atoms with Gasteiger partial charge in [-0.25, -0.2) is 13.7 Å². The third kappa shape index (κ3) is 3.38. The monoisotopic (exact) mass is 428 g/mol. The third-order valence-corrected chi connectivity index (χ3v) is 7.66. The Morgan fingerprint density at radius 2 is 1.83 bits per heavy atom. The molecule has 2 amide bonds. The van der Waals surface area contributed by atoms with E-state index in [1.807, 2.05) is 0 Å². The van der Waals surface area contributed by atoms with Gasteiger partial charge in [0.1, 0.15) is 5.76 Å². The lowest BCUT2D eigenvalue weighted by molar-refractivity contribution is 0.0204. The van der Waals surface area contributed by atoms with E-state index < -0.39 is 22.6 Å². The topological polar surface area (TPSA) is 91.6 Å². The van der Waals surface area contributed by atoms with Gasteiger partial charge in [-0.1, -0.05) is 13.0 Å². The highest BCUT2D eigenvalue weighted by Crippen LogP contribution is 2.40. The number of furan rings is 1. The molecule has 3 N–H and O–H groups in total. The van der Waals surface area contributed by atoms with Crippen molar-refractivity contribution in [3.05, 3.63) is 45.7 Å². The van der Waals surface area contributed by atoms with Crippen LogP contribution in [0.4, 0.5) is 10.5 Å². The van der Waals surface area contributed by atoms with Crippen molar-refractivity contribution in [2.45, 2.75) is 75.9 Å². The summed E-state index contributed by atoms with van der Waals surface area (Å²) in [5.74, 6) is 0.932. The Kier molecular flexibility index (Phi) is 4.78. The minimum atomic E-state index is -1.83. The first kappa shape index (κ1) is 19.8. The molecule has 1 aromatic heterocycles. The fraction of sp³-hybridized carbons (Fsp3) is 0.522. The van der Waals surface area contributed by atoms with E-state index in [1.165, 1.54) is 22.3 Å². The summed E-state index contributed by atoms with van der Waals surface area (Å²) >= 11 is 0. The van der Waals surface area contributed by atoms with Crippen LogP contribution in [0.2, 0.25) is 0 Å². The highest BCUT2D eigenvalue weighted by Gasteiger charge is 2.37. The first-order valence-corrected chi connectivity index (χ1v) is 12.0. The minimum absolute atomic E-state index is 0.174. The van der Waals surface area contributed by atoms with E-state index >= 15 is 0 Å². The van der Waals surface area contributed by atoms with Gasteiger partial charge in [0.05, 0.1) is 5.60 Å². The molecule has 6 nitrogen and oxygen atoms in total. The van der Waals surface area contributed by atoms with Crippen LogP contribution in [0.15, 0.2) is 21.6 Å². The van der Waals surface area contributed by atoms with Crippen LogP contribution in [0.5, 0.6) is 0 Å². The number of aliphatic hydroxyl groups is 1. The van der Waals surface area contributed by atoms with Gasteiger partial charge in [-0.3, -0.25) is 0 Å². The Labute approximate surface area is 179 Å². The molecule has 160 valence electrons. The standard InChI is InChI=1S/C23H28N2O4S/c1-13-9-19-18(23(2,27)12-13)11-20(29-19)30(28)25-22(26)24-21-16-7-3-5-14(16)10-15-6-4-8-17(15)21/h10-11,13,27H,3-9,12H2,1-2H3,(H2,24,25,26). The number of fused-ring (bicyclic) bond motifs is 3. The van der Waals surface area contributed by atoms with Gasteiger partial charge in [0.25, 0.3) is 0 Å². The molecule has 3 unspecified atom stereocenters. The summed E-state index contributed by atoms with van der Waals surface area (Å²) in [5.41, 5.74) is 5.72. The average molecular weight is 429 g/mol. The van der Waals surface area contributed by atoms with Crippen LogP contribution in [0, 0.1) is 5.92 Å². The van der Waals surface area contributed by atoms with Gasteiger partial charge in [0.15, 0.2) is 11.0 Å². The number of benzene rings is 1. The zero-order valence-electron chi connectivity index (χ0n) is 17.5. The molecular formula is C23H28N2O4S. The normalized spacial score (nSPS) is 25.4. The van der Waals surface area contributed by atoms with Crippen molar-refractivity contribution in [3.63, 3.8) is 0 Å². The van der Waals surface area contributed by atoms with Crippen LogP contribution < -0.4 is 10.0 Å². The van der Waals surface area contributed by atoms with Crippen molar-refractivity contribution >= 4 is 22.7 Å². The van der Waals surface area contributed by atoms with Crippen molar-refractivity contribution < 1.29 is 18.5 Å². The Balaban J connectivity index is 1.35. The SMILES string of the molecule is CC1Cc2oc(S(=O)NC(=O)Nc3c4c(cc5c3CCC5)CCC4)cc2C(C)(O)C1. The zero-order valence-corrected chi connectivity index (χ0v) is 18.3. The molecular weight excluding hydrogens is 400 g/mol. The molecule has 0 radical (unpaired) electrons. The lowest BCUT2D eigenvalue weighted by atomic mass is 9.79. The molecule has 3 atom stereocenters. The van der Waals surface area contributed by atoms with Gasteiger partial charge in [-0.15, -0.1) is 0 Å². The predicted octanol–water partition coefficient (Wildman–Crippen LogP) is 3.89. The summed E-state index contributed by atoms with van der Waals surface area (Å²) in [7, 11) is -1.83. The minimum Gasteiger partial charge on any atom is -0.450 e. The smallest absolute Gasteiger partial charge is 0.331 e. The van der Waals surface area contributed by atoms with E-state index in [4.69, 9.17) is 4.42 Å². The molecule has 0 bridgehead atoms. The average Bonchev–Trinajstić information content (AvgIpc) is 3.38. The summed E-state index contributed by atoms with van der Waals surface area (Å²) in [6, 6.07) is 3.44. The number of hydrogen-bond acceptors (Lipinski definition) is 4. The molecule has 1 heterocycles. The molecule has 0 aliphatic heterocycles. The Hall–Kier alpha value is -2.12. The summed E-state index contributed by atoms with van der Waals surface area (Å²) in [5, 5.41) is 13.9. The van der Waals surface area contributed by atoms with E-state index in [0.29, 0.717) is 24.2 Å². The number of nitrogens with one attached hydrogen (secondary N) is 2. The van der Waals surface area contributed by atoms with Gasteiger partial charge >= 0.3 is 6.03 Å². The van der Waals surface area contributed by atoms with Gasteiger partial charge in [0.2, 0.25) is 5.09 Å². The maximum absolute atomic E-state index is 12.8. The van der Waals surface area contributed by atoms with Crippen LogP contribution in [0.25, 0.3) is 0 Å². The summed E-state index contributed by atoms with van der Waals surface area (Å²) in [6.07, 6.45) is 7.59. The molecule has 3 aliphatic rings. The second-order valence-electron chi connectivity index (χ2n) is 9.25. The second-order valence-corrected chi connectivity index (χ2v) is 10.4. The van der Waals surface area contributed by atoms with Crippen LogP contribution in [-0.2, 0) is 48.7 Å². The van der Waals surface area contributed by atoms with Gasteiger partial charge < -0.3 is 14.8 Å². The molecule has 1 aromatic carbocycles. The highest BCUT2D eigenvalue weighted by molar-refractivity contribution is 7.83. The maximum atomic E-state index is 12.8.